The number of ether oxygens (including phenoxy) is 1. The van der Waals surface area contributed by atoms with E-state index in [1.54, 1.807) is 39.3 Å². The number of phenolic OH excluding ortho intramolecular Hbond substituents is 1. The number of alkyl halides is 3. The van der Waals surface area contributed by atoms with E-state index in [-0.39, 0.29) is 18.3 Å². The third-order valence-corrected chi connectivity index (χ3v) is 5.75. The molecule has 10 heteroatoms. The molecule has 0 unspecified atom stereocenters. The highest BCUT2D eigenvalue weighted by Gasteiger charge is 2.35. The second-order valence-electron chi connectivity index (χ2n) is 6.20. The fourth-order valence-corrected chi connectivity index (χ4v) is 3.48. The summed E-state index contributed by atoms with van der Waals surface area (Å²) in [6, 6.07) is 8.32. The first-order valence-electron chi connectivity index (χ1n) is 8.51. The Kier molecular flexibility index (Phi) is 7.06. The van der Waals surface area contributed by atoms with Crippen molar-refractivity contribution in [1.29, 1.82) is 0 Å². The average Bonchev–Trinajstić information content (AvgIpc) is 3.10. The van der Waals surface area contributed by atoms with Crippen molar-refractivity contribution in [3.05, 3.63) is 54.0 Å². The summed E-state index contributed by atoms with van der Waals surface area (Å²) in [5.41, 5.74) is 1.79. The Balaban J connectivity index is 1.91. The molecule has 0 aliphatic carbocycles. The van der Waals surface area contributed by atoms with Crippen molar-refractivity contribution in [2.24, 2.45) is 0 Å². The Morgan fingerprint density at radius 3 is 2.66 bits per heavy atom. The topological polar surface area (TPSA) is 60.2 Å². The molecular formula is C19H17F3IN3O2S. The minimum atomic E-state index is -4.55. The molecule has 0 radical (unpaired) electrons. The van der Waals surface area contributed by atoms with Crippen LogP contribution in [0.2, 0.25) is 0 Å². The van der Waals surface area contributed by atoms with Crippen molar-refractivity contribution < 1.29 is 23.0 Å². The number of aryl methyl sites for hydroxylation is 1. The van der Waals surface area contributed by atoms with E-state index in [2.05, 4.69) is 31.2 Å². The molecule has 1 aromatic carbocycles. The molecule has 0 spiro atoms. The zero-order valence-corrected chi connectivity index (χ0v) is 18.3. The van der Waals surface area contributed by atoms with Crippen LogP contribution in [0.25, 0.3) is 22.6 Å². The predicted molar refractivity (Wildman–Crippen MR) is 115 cm³/mol. The number of nitrogens with zero attached hydrogens (tertiary/aromatic N) is 3. The van der Waals surface area contributed by atoms with Gasteiger partial charge in [-0.2, -0.15) is 13.2 Å². The van der Waals surface area contributed by atoms with Gasteiger partial charge in [-0.25, -0.2) is 4.98 Å². The smallest absolute Gasteiger partial charge is 0.434 e. The van der Waals surface area contributed by atoms with Gasteiger partial charge in [-0.1, -0.05) is 8.93 Å². The summed E-state index contributed by atoms with van der Waals surface area (Å²) in [6.45, 7) is 2.23. The molecule has 5 nitrogen and oxygen atoms in total. The summed E-state index contributed by atoms with van der Waals surface area (Å²) < 4.78 is 46.2. The highest BCUT2D eigenvalue weighted by Crippen LogP contribution is 2.32. The van der Waals surface area contributed by atoms with E-state index in [0.717, 1.165) is 23.1 Å². The quantitative estimate of drug-likeness (QED) is 0.311. The lowest BCUT2D eigenvalue weighted by molar-refractivity contribution is -0.141. The molecular weight excluding hydrogens is 518 g/mol. The average molecular weight is 535 g/mol. The summed E-state index contributed by atoms with van der Waals surface area (Å²) in [5, 5.41) is 9.54. The van der Waals surface area contributed by atoms with Gasteiger partial charge in [-0.3, -0.25) is 4.98 Å². The molecule has 1 N–H and O–H groups in total. The Morgan fingerprint density at radius 1 is 1.24 bits per heavy atom. The van der Waals surface area contributed by atoms with Gasteiger partial charge in [0.05, 0.1) is 12.3 Å². The number of aromatic hydroxyl groups is 1. The molecule has 0 aliphatic rings. The number of hydrogen-bond acceptors (Lipinski definition) is 5. The van der Waals surface area contributed by atoms with Crippen LogP contribution in [0.1, 0.15) is 11.3 Å². The van der Waals surface area contributed by atoms with Crippen molar-refractivity contribution in [1.82, 2.24) is 14.5 Å². The van der Waals surface area contributed by atoms with Crippen molar-refractivity contribution in [3.63, 3.8) is 0 Å². The molecule has 0 saturated heterocycles. The first-order valence-corrected chi connectivity index (χ1v) is 12.0. The number of rotatable bonds is 7. The highest BCUT2D eigenvalue weighted by atomic mass is 127. The van der Waals surface area contributed by atoms with Gasteiger partial charge in [0.1, 0.15) is 18.3 Å². The van der Waals surface area contributed by atoms with Gasteiger partial charge in [0.15, 0.2) is 5.69 Å². The minimum Gasteiger partial charge on any atom is -0.508 e. The third-order valence-electron chi connectivity index (χ3n) is 4.11. The van der Waals surface area contributed by atoms with Crippen LogP contribution >= 0.6 is 30.1 Å². The van der Waals surface area contributed by atoms with E-state index in [1.807, 2.05) is 6.92 Å². The molecule has 0 aliphatic heterocycles. The molecule has 0 bridgehead atoms. The van der Waals surface area contributed by atoms with Crippen LogP contribution < -0.4 is 0 Å². The zero-order chi connectivity index (χ0) is 21.0. The van der Waals surface area contributed by atoms with Crippen LogP contribution in [0.15, 0.2) is 42.7 Å². The largest absolute Gasteiger partial charge is 0.508 e. The molecule has 2 heterocycles. The number of aromatic nitrogens is 3. The fraction of sp³-hybridized carbons (Fsp3) is 0.263. The Labute approximate surface area is 181 Å². The summed E-state index contributed by atoms with van der Waals surface area (Å²) in [5.74, 6) is 1.03. The first-order chi connectivity index (χ1) is 13.8. The lowest BCUT2D eigenvalue weighted by Gasteiger charge is -2.09. The van der Waals surface area contributed by atoms with Gasteiger partial charge < -0.3 is 14.4 Å². The summed E-state index contributed by atoms with van der Waals surface area (Å²) in [7, 11) is 1.56. The summed E-state index contributed by atoms with van der Waals surface area (Å²) >= 11 is 2.13. The van der Waals surface area contributed by atoms with Crippen molar-refractivity contribution in [2.45, 2.75) is 19.8 Å². The monoisotopic (exact) mass is 535 g/mol. The van der Waals surface area contributed by atoms with E-state index in [1.165, 1.54) is 10.8 Å². The molecule has 154 valence electrons. The maximum atomic E-state index is 13.1. The van der Waals surface area contributed by atoms with Crippen LogP contribution in [0.5, 0.6) is 5.75 Å². The molecule has 29 heavy (non-hydrogen) atoms. The molecule has 0 amide bonds. The summed E-state index contributed by atoms with van der Waals surface area (Å²) in [4.78, 5) is 8.14. The van der Waals surface area contributed by atoms with Crippen molar-refractivity contribution in [2.75, 3.05) is 12.4 Å². The maximum Gasteiger partial charge on any atom is 0.434 e. The molecule has 0 fully saturated rings. The zero-order valence-electron chi connectivity index (χ0n) is 15.3. The van der Waals surface area contributed by atoms with E-state index in [0.29, 0.717) is 17.9 Å². The van der Waals surface area contributed by atoms with E-state index < -0.39 is 11.9 Å². The highest BCUT2D eigenvalue weighted by molar-refractivity contribution is 14.2. The second kappa shape index (κ2) is 9.35. The SMILES string of the molecule is Cc1cc(O)ccc1-c1ccc(-c2nc(C(F)(F)F)cn2COCCSI)cn1. The predicted octanol–water partition coefficient (Wildman–Crippen LogP) is 5.70. The molecule has 2 aromatic heterocycles. The second-order valence-corrected chi connectivity index (χ2v) is 8.69. The molecule has 0 atom stereocenters. The van der Waals surface area contributed by atoms with Crippen molar-refractivity contribution >= 4 is 30.1 Å². The van der Waals surface area contributed by atoms with E-state index in [9.17, 15) is 18.3 Å². The van der Waals surface area contributed by atoms with Gasteiger partial charge in [0.25, 0.3) is 0 Å². The normalized spacial score (nSPS) is 11.8. The van der Waals surface area contributed by atoms with Gasteiger partial charge in [0.2, 0.25) is 0 Å². The van der Waals surface area contributed by atoms with E-state index >= 15 is 0 Å². The van der Waals surface area contributed by atoms with Gasteiger partial charge in [0, 0.05) is 29.3 Å². The summed E-state index contributed by atoms with van der Waals surface area (Å²) in [6.07, 6.45) is -2.11. The van der Waals surface area contributed by atoms with Crippen molar-refractivity contribution in [3.8, 4) is 28.4 Å². The molecule has 3 aromatic rings. The number of phenols is 1. The van der Waals surface area contributed by atoms with Gasteiger partial charge >= 0.3 is 6.18 Å². The van der Waals surface area contributed by atoms with Crippen LogP contribution in [-0.4, -0.2) is 32.0 Å². The molecule has 0 saturated carbocycles. The third kappa shape index (κ3) is 5.43. The number of halogens is 4. The van der Waals surface area contributed by atoms with Crippen LogP contribution in [-0.2, 0) is 17.6 Å². The number of imidazole rings is 1. The lowest BCUT2D eigenvalue weighted by Crippen LogP contribution is -2.06. The van der Waals surface area contributed by atoms with Crippen LogP contribution in [0, 0.1) is 6.92 Å². The number of benzene rings is 1. The van der Waals surface area contributed by atoms with Crippen LogP contribution in [0.3, 0.4) is 0 Å². The number of hydrogen-bond donors (Lipinski definition) is 1. The fourth-order valence-electron chi connectivity index (χ4n) is 2.76. The van der Waals surface area contributed by atoms with E-state index in [4.69, 9.17) is 4.74 Å². The Bertz CT molecular complexity index is 978. The Morgan fingerprint density at radius 2 is 2.03 bits per heavy atom. The standard InChI is InChI=1S/C19H17F3IN3O2S/c1-12-8-14(27)3-4-15(12)16-5-2-13(9-24-16)18-25-17(19(20,21)22)10-26(18)11-28-6-7-29-23/h2-5,8-10,27H,6-7,11H2,1H3. The lowest BCUT2D eigenvalue weighted by atomic mass is 10.0. The number of pyridine rings is 1. The van der Waals surface area contributed by atoms with Gasteiger partial charge in [-0.15, -0.1) is 0 Å². The maximum absolute atomic E-state index is 13.1. The minimum absolute atomic E-state index is 0.0333. The van der Waals surface area contributed by atoms with Gasteiger partial charge in [-0.05, 0) is 64.0 Å². The van der Waals surface area contributed by atoms with Crippen LogP contribution in [0.4, 0.5) is 13.2 Å². The molecule has 3 rings (SSSR count). The first kappa shape index (κ1) is 21.9. The Hall–Kier alpha value is -1.79.